The number of nitrogens with one attached hydrogen (secondary N) is 2. The molecule has 2 N–H and O–H groups in total. The molecule has 0 aromatic heterocycles. The Hall–Kier alpha value is -1.43. The van der Waals surface area contributed by atoms with Crippen molar-refractivity contribution in [2.24, 2.45) is 5.41 Å². The van der Waals surface area contributed by atoms with Crippen LogP contribution in [0.2, 0.25) is 0 Å². The van der Waals surface area contributed by atoms with Crippen molar-refractivity contribution in [3.05, 3.63) is 0 Å². The summed E-state index contributed by atoms with van der Waals surface area (Å²) < 4.78 is 0. The molecule has 0 aliphatic heterocycles. The first-order valence-electron chi connectivity index (χ1n) is 6.80. The van der Waals surface area contributed by atoms with E-state index in [0.29, 0.717) is 13.1 Å². The summed E-state index contributed by atoms with van der Waals surface area (Å²) in [7, 11) is 3.35. The van der Waals surface area contributed by atoms with Gasteiger partial charge in [-0.1, -0.05) is 20.8 Å². The van der Waals surface area contributed by atoms with E-state index in [2.05, 4.69) is 10.6 Å². The van der Waals surface area contributed by atoms with Gasteiger partial charge in [0.05, 0.1) is 0 Å². The molecular formula is C14H27N3O3. The average molecular weight is 285 g/mol. The predicted octanol–water partition coefficient (Wildman–Crippen LogP) is 0.174. The van der Waals surface area contributed by atoms with Gasteiger partial charge in [-0.2, -0.15) is 0 Å². The molecule has 0 radical (unpaired) electrons. The number of amides is 2. The number of carbonyl (C=O) groups is 3. The smallest absolute Gasteiger partial charge is 0.243 e. The molecule has 1 atom stereocenters. The van der Waals surface area contributed by atoms with E-state index in [1.54, 1.807) is 34.9 Å². The van der Waals surface area contributed by atoms with Crippen LogP contribution in [0.4, 0.5) is 0 Å². The standard InChI is InChI=1S/C14H27N3O3/c1-10(18)9-11(12(19)16-8-7-15-5)17(6)13(20)14(2,3)4/h11,15H,7-9H2,1-6H3,(H,16,19). The molecule has 20 heavy (non-hydrogen) atoms. The van der Waals surface area contributed by atoms with Crippen LogP contribution in [-0.4, -0.2) is 55.7 Å². The molecule has 6 heteroatoms. The Morgan fingerprint density at radius 3 is 2.10 bits per heavy atom. The van der Waals surface area contributed by atoms with E-state index in [-0.39, 0.29) is 24.0 Å². The van der Waals surface area contributed by atoms with Crippen LogP contribution in [0, 0.1) is 5.41 Å². The molecule has 2 amide bonds. The monoisotopic (exact) mass is 285 g/mol. The van der Waals surface area contributed by atoms with Crippen molar-refractivity contribution in [2.75, 3.05) is 27.2 Å². The van der Waals surface area contributed by atoms with E-state index in [1.807, 2.05) is 0 Å². The minimum absolute atomic E-state index is 0.0315. The molecule has 0 aliphatic carbocycles. The minimum Gasteiger partial charge on any atom is -0.353 e. The lowest BCUT2D eigenvalue weighted by atomic mass is 9.93. The summed E-state index contributed by atoms with van der Waals surface area (Å²) in [5.74, 6) is -0.574. The fourth-order valence-corrected chi connectivity index (χ4v) is 1.78. The maximum atomic E-state index is 12.2. The van der Waals surface area contributed by atoms with Crippen molar-refractivity contribution in [1.29, 1.82) is 0 Å². The molecule has 0 rings (SSSR count). The Balaban J connectivity index is 4.91. The second kappa shape index (κ2) is 7.99. The Bertz CT molecular complexity index is 361. The van der Waals surface area contributed by atoms with Crippen molar-refractivity contribution in [3.63, 3.8) is 0 Å². The topological polar surface area (TPSA) is 78.5 Å². The van der Waals surface area contributed by atoms with E-state index in [1.165, 1.54) is 11.8 Å². The Morgan fingerprint density at radius 2 is 1.70 bits per heavy atom. The van der Waals surface area contributed by atoms with Gasteiger partial charge in [-0.15, -0.1) is 0 Å². The van der Waals surface area contributed by atoms with Gasteiger partial charge < -0.3 is 15.5 Å². The summed E-state index contributed by atoms with van der Waals surface area (Å²) in [6.07, 6.45) is 0.0315. The van der Waals surface area contributed by atoms with Crippen molar-refractivity contribution in [2.45, 2.75) is 40.2 Å². The largest absolute Gasteiger partial charge is 0.353 e. The zero-order valence-electron chi connectivity index (χ0n) is 13.4. The van der Waals surface area contributed by atoms with Gasteiger partial charge in [-0.3, -0.25) is 14.4 Å². The van der Waals surface area contributed by atoms with Crippen LogP contribution in [0.15, 0.2) is 0 Å². The highest BCUT2D eigenvalue weighted by atomic mass is 16.2. The second-order valence-corrected chi connectivity index (χ2v) is 5.98. The van der Waals surface area contributed by atoms with Crippen LogP contribution >= 0.6 is 0 Å². The normalized spacial score (nSPS) is 12.7. The molecule has 0 saturated carbocycles. The summed E-state index contributed by atoms with van der Waals surface area (Å²) in [5, 5.41) is 5.65. The van der Waals surface area contributed by atoms with Gasteiger partial charge in [-0.25, -0.2) is 0 Å². The Labute approximate surface area is 121 Å². The second-order valence-electron chi connectivity index (χ2n) is 5.98. The molecule has 6 nitrogen and oxygen atoms in total. The van der Waals surface area contributed by atoms with Crippen molar-refractivity contribution in [1.82, 2.24) is 15.5 Å². The molecule has 1 unspecified atom stereocenters. The van der Waals surface area contributed by atoms with E-state index < -0.39 is 11.5 Å². The highest BCUT2D eigenvalue weighted by molar-refractivity contribution is 5.93. The number of likely N-dealkylation sites (N-methyl/N-ethyl adjacent to an activating group) is 2. The highest BCUT2D eigenvalue weighted by Gasteiger charge is 2.33. The van der Waals surface area contributed by atoms with Crippen LogP contribution in [0.5, 0.6) is 0 Å². The lowest BCUT2D eigenvalue weighted by Crippen LogP contribution is -2.52. The summed E-state index contributed by atoms with van der Waals surface area (Å²) >= 11 is 0. The summed E-state index contributed by atoms with van der Waals surface area (Å²) in [4.78, 5) is 37.1. The molecule has 0 spiro atoms. The van der Waals surface area contributed by atoms with Crippen molar-refractivity contribution in [3.8, 4) is 0 Å². The zero-order valence-corrected chi connectivity index (χ0v) is 13.4. The fourth-order valence-electron chi connectivity index (χ4n) is 1.78. The van der Waals surface area contributed by atoms with Crippen LogP contribution in [-0.2, 0) is 14.4 Å². The van der Waals surface area contributed by atoms with E-state index in [9.17, 15) is 14.4 Å². The molecule has 0 heterocycles. The first kappa shape index (κ1) is 18.6. The number of carbonyl (C=O) groups excluding carboxylic acids is 3. The molecular weight excluding hydrogens is 258 g/mol. The maximum absolute atomic E-state index is 12.2. The fraction of sp³-hybridized carbons (Fsp3) is 0.786. The number of Topliss-reactive ketones (excluding diaryl/α,β-unsaturated/α-hetero) is 1. The van der Waals surface area contributed by atoms with Gasteiger partial charge in [0, 0.05) is 32.0 Å². The minimum atomic E-state index is -0.754. The van der Waals surface area contributed by atoms with Gasteiger partial charge in [0.2, 0.25) is 11.8 Å². The SMILES string of the molecule is CNCCNC(=O)C(CC(C)=O)N(C)C(=O)C(C)(C)C. The summed E-state index contributed by atoms with van der Waals surface area (Å²) in [6.45, 7) is 7.88. The molecule has 116 valence electrons. The molecule has 0 bridgehead atoms. The number of hydrogen-bond acceptors (Lipinski definition) is 4. The van der Waals surface area contributed by atoms with Crippen molar-refractivity contribution >= 4 is 17.6 Å². The number of hydrogen-bond donors (Lipinski definition) is 2. The third kappa shape index (κ3) is 6.14. The molecule has 0 aliphatic rings. The Kier molecular flexibility index (Phi) is 7.42. The molecule has 0 fully saturated rings. The number of nitrogens with zero attached hydrogens (tertiary/aromatic N) is 1. The third-order valence-electron chi connectivity index (χ3n) is 2.89. The number of ketones is 1. The Morgan fingerprint density at radius 1 is 1.15 bits per heavy atom. The van der Waals surface area contributed by atoms with Crippen LogP contribution in [0.1, 0.15) is 34.1 Å². The zero-order chi connectivity index (χ0) is 15.9. The summed E-state index contributed by atoms with van der Waals surface area (Å²) in [6, 6.07) is -0.754. The van der Waals surface area contributed by atoms with Gasteiger partial charge in [0.1, 0.15) is 11.8 Å². The van der Waals surface area contributed by atoms with Crippen molar-refractivity contribution < 1.29 is 14.4 Å². The van der Waals surface area contributed by atoms with Crippen LogP contribution < -0.4 is 10.6 Å². The first-order chi connectivity index (χ1) is 9.11. The maximum Gasteiger partial charge on any atom is 0.243 e. The third-order valence-corrected chi connectivity index (χ3v) is 2.89. The molecule has 0 saturated heterocycles. The van der Waals surface area contributed by atoms with Crippen LogP contribution in [0.25, 0.3) is 0 Å². The predicted molar refractivity (Wildman–Crippen MR) is 78.2 cm³/mol. The summed E-state index contributed by atoms with van der Waals surface area (Å²) in [5.41, 5.74) is -0.588. The van der Waals surface area contributed by atoms with E-state index in [0.717, 1.165) is 0 Å². The molecule has 0 aromatic carbocycles. The number of rotatable bonds is 7. The van der Waals surface area contributed by atoms with Gasteiger partial charge in [0.25, 0.3) is 0 Å². The lowest BCUT2D eigenvalue weighted by Gasteiger charge is -2.31. The highest BCUT2D eigenvalue weighted by Crippen LogP contribution is 2.19. The first-order valence-corrected chi connectivity index (χ1v) is 6.80. The van der Waals surface area contributed by atoms with Gasteiger partial charge >= 0.3 is 0 Å². The van der Waals surface area contributed by atoms with Gasteiger partial charge in [-0.05, 0) is 14.0 Å². The quantitative estimate of drug-likeness (QED) is 0.654. The molecule has 0 aromatic rings. The average Bonchev–Trinajstić information content (AvgIpc) is 2.33. The van der Waals surface area contributed by atoms with Gasteiger partial charge in [0.15, 0.2) is 0 Å². The van der Waals surface area contributed by atoms with E-state index in [4.69, 9.17) is 0 Å². The van der Waals surface area contributed by atoms with E-state index >= 15 is 0 Å². The van der Waals surface area contributed by atoms with Crippen LogP contribution in [0.3, 0.4) is 0 Å². The lowest BCUT2D eigenvalue weighted by molar-refractivity contribution is -0.146.